The minimum Gasteiger partial charge on any atom is -0.349 e. The Morgan fingerprint density at radius 2 is 2.33 bits per heavy atom. The van der Waals surface area contributed by atoms with Crippen LogP contribution < -0.4 is 5.32 Å². The predicted molar refractivity (Wildman–Crippen MR) is 63.8 cm³/mol. The van der Waals surface area contributed by atoms with E-state index < -0.39 is 0 Å². The van der Waals surface area contributed by atoms with E-state index in [1.165, 1.54) is 0 Å². The summed E-state index contributed by atoms with van der Waals surface area (Å²) in [4.78, 5) is 15.6. The molecule has 1 N–H and O–H groups in total. The summed E-state index contributed by atoms with van der Waals surface area (Å²) in [7, 11) is 0. The van der Waals surface area contributed by atoms with Gasteiger partial charge in [-0.3, -0.25) is 9.78 Å². The van der Waals surface area contributed by atoms with Crippen molar-refractivity contribution in [3.05, 3.63) is 29.6 Å². The molecule has 1 rings (SSSR count). The highest BCUT2D eigenvalue weighted by molar-refractivity contribution is 9.10. The molecule has 1 heterocycles. The van der Waals surface area contributed by atoms with Crippen molar-refractivity contribution < 1.29 is 4.79 Å². The van der Waals surface area contributed by atoms with Gasteiger partial charge in [-0.25, -0.2) is 0 Å². The lowest BCUT2D eigenvalue weighted by Gasteiger charge is -2.08. The maximum Gasteiger partial charge on any atom is 0.234 e. The summed E-state index contributed by atoms with van der Waals surface area (Å²) in [5.41, 5.74) is 1.85. The summed E-state index contributed by atoms with van der Waals surface area (Å²) in [6.45, 7) is 4.39. The molecule has 1 atom stereocenters. The summed E-state index contributed by atoms with van der Waals surface area (Å²) >= 11 is 3.30. The topological polar surface area (TPSA) is 42.0 Å². The van der Waals surface area contributed by atoms with Crippen molar-refractivity contribution in [2.75, 3.05) is 0 Å². The second-order valence-corrected chi connectivity index (χ2v) is 4.47. The number of alkyl halides is 1. The third-order valence-corrected chi connectivity index (χ3v) is 3.10. The molecule has 0 saturated carbocycles. The fourth-order valence-corrected chi connectivity index (χ4v) is 1.33. The highest BCUT2D eigenvalue weighted by Gasteiger charge is 2.11. The van der Waals surface area contributed by atoms with Crippen molar-refractivity contribution in [2.45, 2.75) is 31.6 Å². The maximum atomic E-state index is 11.4. The van der Waals surface area contributed by atoms with Gasteiger partial charge in [0.2, 0.25) is 5.91 Å². The van der Waals surface area contributed by atoms with Crippen molar-refractivity contribution in [1.29, 1.82) is 0 Å². The average molecular weight is 271 g/mol. The summed E-state index contributed by atoms with van der Waals surface area (Å²) in [5, 5.41) is 2.83. The monoisotopic (exact) mass is 270 g/mol. The third kappa shape index (κ3) is 4.00. The zero-order valence-corrected chi connectivity index (χ0v) is 10.5. The molecule has 0 saturated heterocycles. The predicted octanol–water partition coefficient (Wildman–Crippen LogP) is 2.18. The second kappa shape index (κ2) is 5.85. The number of halogens is 1. The first-order valence-corrected chi connectivity index (χ1v) is 5.89. The third-order valence-electron chi connectivity index (χ3n) is 2.03. The van der Waals surface area contributed by atoms with Gasteiger partial charge >= 0.3 is 0 Å². The molecular formula is C11H15BrN2O. The molecule has 0 aliphatic heterocycles. The smallest absolute Gasteiger partial charge is 0.234 e. The highest BCUT2D eigenvalue weighted by atomic mass is 79.9. The summed E-state index contributed by atoms with van der Waals surface area (Å²) in [5.74, 6) is 0.0146. The van der Waals surface area contributed by atoms with Gasteiger partial charge in [0.25, 0.3) is 0 Å². The van der Waals surface area contributed by atoms with Crippen LogP contribution in [0.15, 0.2) is 18.2 Å². The van der Waals surface area contributed by atoms with Crippen LogP contribution in [0.1, 0.15) is 24.7 Å². The summed E-state index contributed by atoms with van der Waals surface area (Å²) < 4.78 is 0. The Hall–Kier alpha value is -0.900. The molecule has 4 heteroatoms. The molecule has 0 aliphatic carbocycles. The number of nitrogens with zero attached hydrogens (tertiary/aromatic N) is 1. The number of amides is 1. The highest BCUT2D eigenvalue weighted by Crippen LogP contribution is 2.04. The van der Waals surface area contributed by atoms with Gasteiger partial charge in [-0.15, -0.1) is 0 Å². The van der Waals surface area contributed by atoms with Crippen molar-refractivity contribution in [3.63, 3.8) is 0 Å². The molecule has 0 fully saturated rings. The van der Waals surface area contributed by atoms with E-state index in [0.717, 1.165) is 17.8 Å². The van der Waals surface area contributed by atoms with Crippen LogP contribution in [0.2, 0.25) is 0 Å². The van der Waals surface area contributed by atoms with Gasteiger partial charge in [-0.1, -0.05) is 28.9 Å². The molecule has 0 aliphatic rings. The van der Waals surface area contributed by atoms with Crippen LogP contribution in [0, 0.1) is 6.92 Å². The molecule has 3 nitrogen and oxygen atoms in total. The van der Waals surface area contributed by atoms with Gasteiger partial charge in [0.1, 0.15) is 0 Å². The quantitative estimate of drug-likeness (QED) is 0.853. The lowest BCUT2D eigenvalue weighted by molar-refractivity contribution is -0.120. The first-order chi connectivity index (χ1) is 7.13. The van der Waals surface area contributed by atoms with Crippen LogP contribution in [-0.2, 0) is 11.3 Å². The number of hydrogen-bond acceptors (Lipinski definition) is 2. The van der Waals surface area contributed by atoms with Crippen LogP contribution in [0.25, 0.3) is 0 Å². The number of pyridine rings is 1. The minimum atomic E-state index is -0.109. The van der Waals surface area contributed by atoms with E-state index in [-0.39, 0.29) is 10.7 Å². The van der Waals surface area contributed by atoms with E-state index in [1.807, 2.05) is 32.0 Å². The van der Waals surface area contributed by atoms with Crippen LogP contribution in [0.4, 0.5) is 0 Å². The number of aryl methyl sites for hydroxylation is 1. The van der Waals surface area contributed by atoms with E-state index >= 15 is 0 Å². The van der Waals surface area contributed by atoms with Gasteiger partial charge < -0.3 is 5.32 Å². The Kier molecular flexibility index (Phi) is 4.75. The molecule has 15 heavy (non-hydrogen) atoms. The molecule has 82 valence electrons. The Morgan fingerprint density at radius 3 is 2.93 bits per heavy atom. The van der Waals surface area contributed by atoms with Crippen molar-refractivity contribution in [3.8, 4) is 0 Å². The number of hydrogen-bond donors (Lipinski definition) is 1. The van der Waals surface area contributed by atoms with E-state index in [2.05, 4.69) is 26.2 Å². The zero-order valence-electron chi connectivity index (χ0n) is 8.96. The fraction of sp³-hybridized carbons (Fsp3) is 0.455. The fourth-order valence-electron chi connectivity index (χ4n) is 1.17. The molecular weight excluding hydrogens is 256 g/mol. The van der Waals surface area contributed by atoms with Gasteiger partial charge in [0.15, 0.2) is 0 Å². The van der Waals surface area contributed by atoms with Crippen molar-refractivity contribution in [2.24, 2.45) is 0 Å². The summed E-state index contributed by atoms with van der Waals surface area (Å²) in [6, 6.07) is 5.78. The van der Waals surface area contributed by atoms with E-state index in [4.69, 9.17) is 0 Å². The SMILES string of the molecule is CCC(Br)C(=O)NCc1cccc(C)n1. The molecule has 1 amide bonds. The number of nitrogens with one attached hydrogen (secondary N) is 1. The largest absolute Gasteiger partial charge is 0.349 e. The molecule has 1 aromatic heterocycles. The number of carbonyl (C=O) groups is 1. The van der Waals surface area contributed by atoms with Crippen LogP contribution >= 0.6 is 15.9 Å². The first-order valence-electron chi connectivity index (χ1n) is 4.97. The first kappa shape index (κ1) is 12.2. The maximum absolute atomic E-state index is 11.4. The number of carbonyl (C=O) groups excluding carboxylic acids is 1. The van der Waals surface area contributed by atoms with Crippen LogP contribution in [0.3, 0.4) is 0 Å². The Balaban J connectivity index is 2.47. The number of aromatic nitrogens is 1. The van der Waals surface area contributed by atoms with E-state index in [0.29, 0.717) is 6.54 Å². The Labute approximate surface area is 98.4 Å². The zero-order chi connectivity index (χ0) is 11.3. The van der Waals surface area contributed by atoms with Gasteiger partial charge in [-0.05, 0) is 25.5 Å². The molecule has 0 radical (unpaired) electrons. The van der Waals surface area contributed by atoms with Crippen LogP contribution in [-0.4, -0.2) is 15.7 Å². The van der Waals surface area contributed by atoms with Gasteiger partial charge in [0, 0.05) is 5.69 Å². The van der Waals surface area contributed by atoms with E-state index in [9.17, 15) is 4.79 Å². The normalized spacial score (nSPS) is 12.2. The minimum absolute atomic E-state index is 0.0146. The van der Waals surface area contributed by atoms with Crippen LogP contribution in [0.5, 0.6) is 0 Å². The molecule has 0 bridgehead atoms. The molecule has 1 aromatic rings. The molecule has 0 spiro atoms. The number of rotatable bonds is 4. The Morgan fingerprint density at radius 1 is 1.60 bits per heavy atom. The summed E-state index contributed by atoms with van der Waals surface area (Å²) in [6.07, 6.45) is 0.785. The lowest BCUT2D eigenvalue weighted by Crippen LogP contribution is -2.30. The van der Waals surface area contributed by atoms with Gasteiger partial charge in [0.05, 0.1) is 17.1 Å². The molecule has 0 aromatic carbocycles. The lowest BCUT2D eigenvalue weighted by atomic mass is 10.3. The van der Waals surface area contributed by atoms with E-state index in [1.54, 1.807) is 0 Å². The Bertz CT molecular complexity index is 341. The van der Waals surface area contributed by atoms with Crippen molar-refractivity contribution >= 4 is 21.8 Å². The second-order valence-electron chi connectivity index (χ2n) is 3.36. The molecule has 1 unspecified atom stereocenters. The average Bonchev–Trinajstić information content (AvgIpc) is 2.25. The standard InChI is InChI=1S/C11H15BrN2O/c1-3-10(12)11(15)13-7-9-6-4-5-8(2)14-9/h4-6,10H,3,7H2,1-2H3,(H,13,15). The van der Waals surface area contributed by atoms with Gasteiger partial charge in [-0.2, -0.15) is 0 Å². The van der Waals surface area contributed by atoms with Crippen molar-refractivity contribution in [1.82, 2.24) is 10.3 Å².